The lowest BCUT2D eigenvalue weighted by atomic mass is 10.2. The van der Waals surface area contributed by atoms with Crippen LogP contribution < -0.4 is 10.0 Å². The number of benzene rings is 1. The first kappa shape index (κ1) is 18.7. The number of sulfonamides is 1. The number of carbonyl (C=O) groups excluding carboxylic acids is 1. The molecule has 0 aliphatic heterocycles. The summed E-state index contributed by atoms with van der Waals surface area (Å²) in [5, 5.41) is 2.76. The van der Waals surface area contributed by atoms with E-state index in [0.29, 0.717) is 12.2 Å². The largest absolute Gasteiger partial charge is 0.348 e. The van der Waals surface area contributed by atoms with E-state index in [9.17, 15) is 13.2 Å². The van der Waals surface area contributed by atoms with Gasteiger partial charge in [0.1, 0.15) is 0 Å². The number of carbonyl (C=O) groups is 1. The number of aromatic nitrogens is 2. The zero-order valence-corrected chi connectivity index (χ0v) is 15.2. The van der Waals surface area contributed by atoms with E-state index >= 15 is 0 Å². The van der Waals surface area contributed by atoms with Crippen molar-refractivity contribution in [3.05, 3.63) is 90.0 Å². The van der Waals surface area contributed by atoms with Crippen LogP contribution in [0.15, 0.2) is 78.1 Å². The molecule has 8 heteroatoms. The molecule has 1 aromatic carbocycles. The van der Waals surface area contributed by atoms with Gasteiger partial charge in [0.2, 0.25) is 10.0 Å². The van der Waals surface area contributed by atoms with Crippen molar-refractivity contribution in [1.29, 1.82) is 0 Å². The Morgan fingerprint density at radius 1 is 0.926 bits per heavy atom. The molecule has 3 rings (SSSR count). The van der Waals surface area contributed by atoms with Crippen molar-refractivity contribution in [1.82, 2.24) is 20.0 Å². The number of nitrogens with one attached hydrogen (secondary N) is 2. The van der Waals surface area contributed by atoms with E-state index in [2.05, 4.69) is 20.0 Å². The maximum Gasteiger partial charge on any atom is 0.251 e. The minimum Gasteiger partial charge on any atom is -0.348 e. The summed E-state index contributed by atoms with van der Waals surface area (Å²) in [5.74, 6) is -0.353. The van der Waals surface area contributed by atoms with Gasteiger partial charge in [-0.05, 0) is 48.0 Å². The van der Waals surface area contributed by atoms with Gasteiger partial charge < -0.3 is 5.32 Å². The Labute approximate surface area is 157 Å². The van der Waals surface area contributed by atoms with Crippen LogP contribution in [0.25, 0.3) is 0 Å². The highest BCUT2D eigenvalue weighted by Crippen LogP contribution is 2.12. The molecule has 3 aromatic rings. The van der Waals surface area contributed by atoms with Gasteiger partial charge in [-0.15, -0.1) is 0 Å². The zero-order chi connectivity index (χ0) is 19.1. The Kier molecular flexibility index (Phi) is 5.90. The van der Waals surface area contributed by atoms with E-state index in [1.165, 1.54) is 18.2 Å². The molecule has 0 saturated carbocycles. The van der Waals surface area contributed by atoms with E-state index < -0.39 is 10.0 Å². The van der Waals surface area contributed by atoms with Crippen molar-refractivity contribution in [3.63, 3.8) is 0 Å². The average Bonchev–Trinajstić information content (AvgIpc) is 2.72. The lowest BCUT2D eigenvalue weighted by Crippen LogP contribution is -2.25. The van der Waals surface area contributed by atoms with Crippen molar-refractivity contribution in [2.24, 2.45) is 0 Å². The van der Waals surface area contributed by atoms with Crippen LogP contribution in [0.1, 0.15) is 21.6 Å². The van der Waals surface area contributed by atoms with Crippen LogP contribution in [0.3, 0.4) is 0 Å². The second-order valence-electron chi connectivity index (χ2n) is 5.71. The molecule has 2 aromatic heterocycles. The number of hydrogen-bond donors (Lipinski definition) is 2. The molecule has 27 heavy (non-hydrogen) atoms. The third-order valence-corrected chi connectivity index (χ3v) is 5.18. The lowest BCUT2D eigenvalue weighted by Gasteiger charge is -2.09. The van der Waals surface area contributed by atoms with Gasteiger partial charge in [-0.3, -0.25) is 14.8 Å². The standard InChI is InChI=1S/C19H18N4O3S/c24-19(22-13-15-7-10-20-11-8-15)16-4-3-6-18(12-16)27(25,26)23-14-17-5-1-2-9-21-17/h1-12,23H,13-14H2,(H,22,24). The quantitative estimate of drug-likeness (QED) is 0.650. The van der Waals surface area contributed by atoms with Gasteiger partial charge in [0.15, 0.2) is 0 Å². The smallest absolute Gasteiger partial charge is 0.251 e. The van der Waals surface area contributed by atoms with Crippen molar-refractivity contribution in [2.45, 2.75) is 18.0 Å². The molecule has 0 saturated heterocycles. The van der Waals surface area contributed by atoms with Gasteiger partial charge in [-0.1, -0.05) is 12.1 Å². The SMILES string of the molecule is O=C(NCc1ccncc1)c1cccc(S(=O)(=O)NCc2ccccn2)c1. The second-order valence-corrected chi connectivity index (χ2v) is 7.48. The van der Waals surface area contributed by atoms with Crippen LogP contribution in [-0.4, -0.2) is 24.3 Å². The molecular weight excluding hydrogens is 364 g/mol. The van der Waals surface area contributed by atoms with Gasteiger partial charge in [-0.25, -0.2) is 13.1 Å². The predicted molar refractivity (Wildman–Crippen MR) is 100 cm³/mol. The first-order valence-corrected chi connectivity index (χ1v) is 9.70. The Bertz CT molecular complexity index is 1010. The molecule has 7 nitrogen and oxygen atoms in total. The second kappa shape index (κ2) is 8.52. The van der Waals surface area contributed by atoms with Crippen molar-refractivity contribution < 1.29 is 13.2 Å². The third kappa shape index (κ3) is 5.19. The number of pyridine rings is 2. The maximum absolute atomic E-state index is 12.5. The van der Waals surface area contributed by atoms with Crippen molar-refractivity contribution in [3.8, 4) is 0 Å². The Balaban J connectivity index is 1.67. The predicted octanol–water partition coefficient (Wildman–Crippen LogP) is 1.89. The molecule has 0 spiro atoms. The fourth-order valence-electron chi connectivity index (χ4n) is 2.34. The van der Waals surface area contributed by atoms with E-state index in [1.807, 2.05) is 0 Å². The molecule has 138 valence electrons. The molecule has 1 amide bonds. The number of rotatable bonds is 7. The summed E-state index contributed by atoms with van der Waals surface area (Å²) in [4.78, 5) is 20.3. The highest BCUT2D eigenvalue weighted by atomic mass is 32.2. The van der Waals surface area contributed by atoms with E-state index in [-0.39, 0.29) is 22.9 Å². The first-order valence-electron chi connectivity index (χ1n) is 8.21. The van der Waals surface area contributed by atoms with Crippen LogP contribution >= 0.6 is 0 Å². The topological polar surface area (TPSA) is 101 Å². The van der Waals surface area contributed by atoms with Crippen LogP contribution in [0, 0.1) is 0 Å². The molecule has 0 atom stereocenters. The summed E-state index contributed by atoms with van der Waals surface area (Å²) in [6.07, 6.45) is 4.88. The number of hydrogen-bond acceptors (Lipinski definition) is 5. The zero-order valence-electron chi connectivity index (χ0n) is 14.4. The summed E-state index contributed by atoms with van der Waals surface area (Å²) in [7, 11) is -3.76. The van der Waals surface area contributed by atoms with Crippen LogP contribution in [0.2, 0.25) is 0 Å². The van der Waals surface area contributed by atoms with E-state index in [0.717, 1.165) is 5.56 Å². The Hall–Kier alpha value is -3.10. The third-order valence-electron chi connectivity index (χ3n) is 3.78. The van der Waals surface area contributed by atoms with Crippen LogP contribution in [0.4, 0.5) is 0 Å². The van der Waals surface area contributed by atoms with E-state index in [4.69, 9.17) is 0 Å². The minimum absolute atomic E-state index is 0.0231. The number of amides is 1. The van der Waals surface area contributed by atoms with Gasteiger partial charge in [0.05, 0.1) is 17.1 Å². The van der Waals surface area contributed by atoms with Gasteiger partial charge >= 0.3 is 0 Å². The monoisotopic (exact) mass is 382 g/mol. The van der Waals surface area contributed by atoms with Gasteiger partial charge in [0, 0.05) is 30.7 Å². The van der Waals surface area contributed by atoms with Crippen molar-refractivity contribution >= 4 is 15.9 Å². The summed E-state index contributed by atoms with van der Waals surface area (Å²) < 4.78 is 27.5. The Morgan fingerprint density at radius 3 is 2.48 bits per heavy atom. The molecule has 0 aliphatic carbocycles. The van der Waals surface area contributed by atoms with E-state index in [1.54, 1.807) is 55.0 Å². The highest BCUT2D eigenvalue weighted by Gasteiger charge is 2.16. The van der Waals surface area contributed by atoms with Gasteiger partial charge in [0.25, 0.3) is 5.91 Å². The normalized spacial score (nSPS) is 11.1. The summed E-state index contributed by atoms with van der Waals surface area (Å²) in [5.41, 5.74) is 1.77. The summed E-state index contributed by atoms with van der Waals surface area (Å²) >= 11 is 0. The molecule has 0 bridgehead atoms. The number of nitrogens with zero attached hydrogens (tertiary/aromatic N) is 2. The fraction of sp³-hybridized carbons (Fsp3) is 0.105. The first-order chi connectivity index (χ1) is 13.0. The van der Waals surface area contributed by atoms with Crippen molar-refractivity contribution in [2.75, 3.05) is 0 Å². The van der Waals surface area contributed by atoms with Crippen LogP contribution in [-0.2, 0) is 23.1 Å². The summed E-state index contributed by atoms with van der Waals surface area (Å²) in [6, 6.07) is 14.8. The molecule has 0 radical (unpaired) electrons. The lowest BCUT2D eigenvalue weighted by molar-refractivity contribution is 0.0950. The molecule has 0 aliphatic rings. The fourth-order valence-corrected chi connectivity index (χ4v) is 3.39. The summed E-state index contributed by atoms with van der Waals surface area (Å²) in [6.45, 7) is 0.401. The molecule has 0 unspecified atom stereocenters. The minimum atomic E-state index is -3.76. The molecule has 2 N–H and O–H groups in total. The van der Waals surface area contributed by atoms with Gasteiger partial charge in [-0.2, -0.15) is 0 Å². The maximum atomic E-state index is 12.5. The Morgan fingerprint density at radius 2 is 1.74 bits per heavy atom. The average molecular weight is 382 g/mol. The highest BCUT2D eigenvalue weighted by molar-refractivity contribution is 7.89. The molecule has 0 fully saturated rings. The molecular formula is C19H18N4O3S. The van der Waals surface area contributed by atoms with Crippen LogP contribution in [0.5, 0.6) is 0 Å². The molecule has 2 heterocycles.